The van der Waals surface area contributed by atoms with Gasteiger partial charge in [-0.1, -0.05) is 12.1 Å². The topological polar surface area (TPSA) is 23.5 Å². The molecule has 0 amide bonds. The molecule has 0 unspecified atom stereocenters. The van der Waals surface area contributed by atoms with Crippen molar-refractivity contribution in [3.8, 4) is 0 Å². The van der Waals surface area contributed by atoms with Crippen LogP contribution in [-0.2, 0) is 6.54 Å². The first kappa shape index (κ1) is 14.1. The second-order valence-corrected chi connectivity index (χ2v) is 5.30. The molecule has 17 heavy (non-hydrogen) atoms. The normalized spacial score (nSPS) is 12.1. The van der Waals surface area contributed by atoms with Gasteiger partial charge >= 0.3 is 0 Å². The van der Waals surface area contributed by atoms with Crippen molar-refractivity contribution in [2.75, 3.05) is 13.2 Å². The molecular formula is C14H22FNO. The quantitative estimate of drug-likeness (QED) is 0.854. The predicted molar refractivity (Wildman–Crippen MR) is 68.3 cm³/mol. The smallest absolute Gasteiger partial charge is 0.123 e. The van der Waals surface area contributed by atoms with Crippen molar-refractivity contribution >= 4 is 0 Å². The zero-order valence-corrected chi connectivity index (χ0v) is 10.9. The van der Waals surface area contributed by atoms with E-state index >= 15 is 0 Å². The minimum Gasteiger partial charge on any atom is -0.396 e. The number of aliphatic hydroxyl groups excluding tert-OH is 1. The molecule has 0 aliphatic rings. The zero-order chi connectivity index (χ0) is 12.9. The highest BCUT2D eigenvalue weighted by Gasteiger charge is 2.20. The maximum absolute atomic E-state index is 12.8. The average molecular weight is 239 g/mol. The van der Waals surface area contributed by atoms with Crippen LogP contribution < -0.4 is 0 Å². The molecule has 3 heteroatoms. The number of rotatable bonds is 5. The standard InChI is InChI=1S/C14H22FNO/c1-14(2,3)16(9-4-10-17)11-12-5-7-13(15)8-6-12/h5-8,17H,4,9-11H2,1-3H3. The first-order chi connectivity index (χ1) is 7.93. The maximum atomic E-state index is 12.8. The number of hydrogen-bond acceptors (Lipinski definition) is 2. The van der Waals surface area contributed by atoms with E-state index in [9.17, 15) is 4.39 Å². The highest BCUT2D eigenvalue weighted by Crippen LogP contribution is 2.17. The largest absolute Gasteiger partial charge is 0.396 e. The van der Waals surface area contributed by atoms with Gasteiger partial charge in [0.1, 0.15) is 5.82 Å². The molecular weight excluding hydrogens is 217 g/mol. The van der Waals surface area contributed by atoms with Crippen molar-refractivity contribution in [2.24, 2.45) is 0 Å². The lowest BCUT2D eigenvalue weighted by Gasteiger charge is -2.35. The highest BCUT2D eigenvalue weighted by molar-refractivity contribution is 5.16. The molecule has 0 saturated carbocycles. The van der Waals surface area contributed by atoms with E-state index in [1.54, 1.807) is 0 Å². The second-order valence-electron chi connectivity index (χ2n) is 5.30. The van der Waals surface area contributed by atoms with Gasteiger partial charge in [0.2, 0.25) is 0 Å². The van der Waals surface area contributed by atoms with Crippen LogP contribution >= 0.6 is 0 Å². The van der Waals surface area contributed by atoms with Gasteiger partial charge in [0.05, 0.1) is 0 Å². The van der Waals surface area contributed by atoms with Gasteiger partial charge in [-0.2, -0.15) is 0 Å². The van der Waals surface area contributed by atoms with E-state index in [2.05, 4.69) is 25.7 Å². The summed E-state index contributed by atoms with van der Waals surface area (Å²) in [6, 6.07) is 6.60. The van der Waals surface area contributed by atoms with Crippen molar-refractivity contribution in [2.45, 2.75) is 39.3 Å². The molecule has 0 atom stereocenters. The van der Waals surface area contributed by atoms with E-state index in [4.69, 9.17) is 5.11 Å². The third-order valence-electron chi connectivity index (χ3n) is 2.82. The van der Waals surface area contributed by atoms with Gasteiger partial charge in [-0.15, -0.1) is 0 Å². The second kappa shape index (κ2) is 6.12. The summed E-state index contributed by atoms with van der Waals surface area (Å²) in [5.74, 6) is -0.202. The number of benzene rings is 1. The lowest BCUT2D eigenvalue weighted by atomic mass is 10.0. The summed E-state index contributed by atoms with van der Waals surface area (Å²) in [5.41, 5.74) is 1.14. The third-order valence-corrected chi connectivity index (χ3v) is 2.82. The minimum absolute atomic E-state index is 0.0452. The molecule has 0 fully saturated rings. The van der Waals surface area contributed by atoms with E-state index in [0.29, 0.717) is 0 Å². The Morgan fingerprint density at radius 1 is 1.18 bits per heavy atom. The van der Waals surface area contributed by atoms with E-state index in [-0.39, 0.29) is 18.0 Å². The van der Waals surface area contributed by atoms with Gasteiger partial charge in [-0.05, 0) is 44.9 Å². The molecule has 0 spiro atoms. The molecule has 0 aliphatic heterocycles. The number of nitrogens with zero attached hydrogens (tertiary/aromatic N) is 1. The average Bonchev–Trinajstić information content (AvgIpc) is 2.25. The van der Waals surface area contributed by atoms with Crippen LogP contribution in [0, 0.1) is 5.82 Å². The van der Waals surface area contributed by atoms with E-state index in [1.807, 2.05) is 12.1 Å². The molecule has 0 aromatic heterocycles. The maximum Gasteiger partial charge on any atom is 0.123 e. The summed E-state index contributed by atoms with van der Waals surface area (Å²) >= 11 is 0. The summed E-state index contributed by atoms with van der Waals surface area (Å²) in [5, 5.41) is 8.91. The molecule has 0 heterocycles. The van der Waals surface area contributed by atoms with E-state index in [1.165, 1.54) is 12.1 Å². The Hall–Kier alpha value is -0.930. The molecule has 1 N–H and O–H groups in total. The van der Waals surface area contributed by atoms with Gasteiger partial charge in [-0.25, -0.2) is 4.39 Å². The Morgan fingerprint density at radius 3 is 2.24 bits per heavy atom. The number of hydrogen-bond donors (Lipinski definition) is 1. The zero-order valence-electron chi connectivity index (χ0n) is 10.9. The van der Waals surface area contributed by atoms with Crippen LogP contribution in [-0.4, -0.2) is 28.7 Å². The summed E-state index contributed by atoms with van der Waals surface area (Å²) < 4.78 is 12.8. The van der Waals surface area contributed by atoms with E-state index < -0.39 is 0 Å². The number of aliphatic hydroxyl groups is 1. The van der Waals surface area contributed by atoms with Gasteiger partial charge < -0.3 is 5.11 Å². The molecule has 0 saturated heterocycles. The molecule has 0 aliphatic carbocycles. The van der Waals surface area contributed by atoms with Crippen molar-refractivity contribution in [1.29, 1.82) is 0 Å². The van der Waals surface area contributed by atoms with Crippen molar-refractivity contribution in [1.82, 2.24) is 4.90 Å². The molecule has 1 aromatic carbocycles. The molecule has 2 nitrogen and oxygen atoms in total. The molecule has 1 rings (SSSR count). The van der Waals surface area contributed by atoms with E-state index in [0.717, 1.165) is 25.1 Å². The first-order valence-corrected chi connectivity index (χ1v) is 6.04. The van der Waals surface area contributed by atoms with Crippen molar-refractivity contribution in [3.63, 3.8) is 0 Å². The predicted octanol–water partition coefficient (Wildman–Crippen LogP) is 2.81. The van der Waals surface area contributed by atoms with Gasteiger partial charge in [-0.3, -0.25) is 4.90 Å². The summed E-state index contributed by atoms with van der Waals surface area (Å²) in [6.45, 7) is 8.27. The van der Waals surface area contributed by atoms with Gasteiger partial charge in [0, 0.05) is 25.2 Å². The van der Waals surface area contributed by atoms with Crippen LogP contribution in [0.5, 0.6) is 0 Å². The fourth-order valence-electron chi connectivity index (χ4n) is 1.72. The lowest BCUT2D eigenvalue weighted by molar-refractivity contribution is 0.115. The van der Waals surface area contributed by atoms with Crippen LogP contribution in [0.1, 0.15) is 32.8 Å². The van der Waals surface area contributed by atoms with Crippen LogP contribution in [0.25, 0.3) is 0 Å². The van der Waals surface area contributed by atoms with Crippen LogP contribution in [0.4, 0.5) is 4.39 Å². The van der Waals surface area contributed by atoms with Crippen LogP contribution in [0.15, 0.2) is 24.3 Å². The summed E-state index contributed by atoms with van der Waals surface area (Å²) in [7, 11) is 0. The molecule has 0 bridgehead atoms. The Bertz CT molecular complexity index is 329. The summed E-state index contributed by atoms with van der Waals surface area (Å²) in [6.07, 6.45) is 0.762. The van der Waals surface area contributed by atoms with Gasteiger partial charge in [0.15, 0.2) is 0 Å². The molecule has 0 radical (unpaired) electrons. The minimum atomic E-state index is -0.202. The van der Waals surface area contributed by atoms with Crippen LogP contribution in [0.3, 0.4) is 0 Å². The monoisotopic (exact) mass is 239 g/mol. The fourth-order valence-corrected chi connectivity index (χ4v) is 1.72. The fraction of sp³-hybridized carbons (Fsp3) is 0.571. The van der Waals surface area contributed by atoms with Crippen molar-refractivity contribution in [3.05, 3.63) is 35.6 Å². The summed E-state index contributed by atoms with van der Waals surface area (Å²) in [4.78, 5) is 2.29. The molecule has 1 aromatic rings. The third kappa shape index (κ3) is 4.84. The number of halogens is 1. The first-order valence-electron chi connectivity index (χ1n) is 6.04. The Balaban J connectivity index is 2.68. The van der Waals surface area contributed by atoms with Crippen LogP contribution in [0.2, 0.25) is 0 Å². The SMILES string of the molecule is CC(C)(C)N(CCCO)Cc1ccc(F)cc1. The van der Waals surface area contributed by atoms with Crippen molar-refractivity contribution < 1.29 is 9.50 Å². The lowest BCUT2D eigenvalue weighted by Crippen LogP contribution is -2.41. The van der Waals surface area contributed by atoms with Gasteiger partial charge in [0.25, 0.3) is 0 Å². The Morgan fingerprint density at radius 2 is 1.76 bits per heavy atom. The Kier molecular flexibility index (Phi) is 5.09. The Labute approximate surface area is 103 Å². The molecule has 96 valence electrons. The highest BCUT2D eigenvalue weighted by atomic mass is 19.1.